The third-order valence-corrected chi connectivity index (χ3v) is 7.63. The maximum absolute atomic E-state index is 13.9. The number of hydrogen-bond donors (Lipinski definition) is 5. The average molecular weight is 542 g/mol. The van der Waals surface area contributed by atoms with Gasteiger partial charge in [0.2, 0.25) is 11.8 Å². The van der Waals surface area contributed by atoms with Crippen molar-refractivity contribution in [3.05, 3.63) is 54.1 Å². The molecule has 10 nitrogen and oxygen atoms in total. The number of carbonyl (C=O) groups is 2. The van der Waals surface area contributed by atoms with Crippen LogP contribution in [0, 0.1) is 5.41 Å². The zero-order valence-electron chi connectivity index (χ0n) is 24.1. The molecule has 1 aromatic heterocycles. The van der Waals surface area contributed by atoms with Crippen LogP contribution < -0.4 is 16.4 Å². The number of aliphatic hydroxyl groups excluding tert-OH is 1. The van der Waals surface area contributed by atoms with E-state index in [2.05, 4.69) is 32.7 Å². The lowest BCUT2D eigenvalue weighted by atomic mass is 9.85. The molecule has 1 fully saturated rings. The van der Waals surface area contributed by atoms with Gasteiger partial charge in [-0.3, -0.25) is 14.5 Å². The Kier molecular flexibility index (Phi) is 11.1. The molecule has 0 spiro atoms. The second kappa shape index (κ2) is 14.0. The minimum Gasteiger partial charge on any atom is -0.377 e. The van der Waals surface area contributed by atoms with E-state index in [1.54, 1.807) is 26.5 Å². The largest absolute Gasteiger partial charge is 0.377 e. The summed E-state index contributed by atoms with van der Waals surface area (Å²) in [4.78, 5) is 37.6. The molecule has 1 aromatic carbocycles. The smallest absolute Gasteiger partial charge is 0.245 e. The summed E-state index contributed by atoms with van der Waals surface area (Å²) < 4.78 is 0. The Hall–Kier alpha value is -2.79. The van der Waals surface area contributed by atoms with Gasteiger partial charge >= 0.3 is 0 Å². The minimum atomic E-state index is -0.899. The average Bonchev–Trinajstić information content (AvgIpc) is 3.60. The monoisotopic (exact) mass is 541 g/mol. The summed E-state index contributed by atoms with van der Waals surface area (Å²) in [7, 11) is 1.72. The van der Waals surface area contributed by atoms with Crippen molar-refractivity contribution >= 4 is 11.8 Å². The predicted octanol–water partition coefficient (Wildman–Crippen LogP) is 1.27. The standard InChI is InChI=1S/C29H47N7O3/c1-20(31-5)26(37)34-25(29(2,3)4)28(39)36-14-9-12-23(36)18-35(15-13-21-10-7-6-8-11-21)27(38)24(30)16-22-17-32-19-33-22/h6-8,10-11,17,19-20,23-25,27,31,38H,9,12-16,18,30H2,1-5H3,(H,32,33)(H,34,37)/t20-,23-,24+,25+,27?/m0/s1. The fourth-order valence-electron chi connectivity index (χ4n) is 5.07. The highest BCUT2D eigenvalue weighted by Crippen LogP contribution is 2.27. The second-order valence-electron chi connectivity index (χ2n) is 11.7. The number of benzene rings is 1. The number of H-pyrrole nitrogens is 1. The lowest BCUT2D eigenvalue weighted by molar-refractivity contribution is -0.141. The molecule has 0 radical (unpaired) electrons. The lowest BCUT2D eigenvalue weighted by Crippen LogP contribution is -2.59. The molecule has 1 saturated heterocycles. The molecule has 2 heterocycles. The summed E-state index contributed by atoms with van der Waals surface area (Å²) in [6.45, 7) is 9.39. The molecule has 2 amide bonds. The van der Waals surface area contributed by atoms with E-state index < -0.39 is 29.8 Å². The van der Waals surface area contributed by atoms with Crippen molar-refractivity contribution in [3.8, 4) is 0 Å². The molecule has 2 aromatic rings. The number of aromatic amines is 1. The van der Waals surface area contributed by atoms with Gasteiger partial charge in [0.25, 0.3) is 0 Å². The van der Waals surface area contributed by atoms with E-state index in [4.69, 9.17) is 5.73 Å². The zero-order chi connectivity index (χ0) is 28.6. The Balaban J connectivity index is 1.77. The van der Waals surface area contributed by atoms with Gasteiger partial charge in [-0.2, -0.15) is 0 Å². The Morgan fingerprint density at radius 1 is 1.28 bits per heavy atom. The number of nitrogens with zero attached hydrogens (tertiary/aromatic N) is 3. The molecule has 6 N–H and O–H groups in total. The topological polar surface area (TPSA) is 140 Å². The zero-order valence-corrected chi connectivity index (χ0v) is 24.1. The van der Waals surface area contributed by atoms with Crippen LogP contribution in [-0.4, -0.2) is 93.8 Å². The Morgan fingerprint density at radius 3 is 2.62 bits per heavy atom. The SMILES string of the molecule is CN[C@@H](C)C(=O)N[C@H](C(=O)N1CCC[C@H]1CN(CCc1ccccc1)C(O)[C@H](N)Cc1cnc[nH]1)C(C)(C)C. The normalized spacial score (nSPS) is 19.1. The van der Waals surface area contributed by atoms with Gasteiger partial charge in [0.05, 0.1) is 12.4 Å². The first-order chi connectivity index (χ1) is 18.5. The number of rotatable bonds is 13. The van der Waals surface area contributed by atoms with Crippen LogP contribution in [0.15, 0.2) is 42.9 Å². The first kappa shape index (κ1) is 30.7. The number of imidazole rings is 1. The van der Waals surface area contributed by atoms with Crippen LogP contribution in [0.25, 0.3) is 0 Å². The third kappa shape index (κ3) is 8.60. The summed E-state index contributed by atoms with van der Waals surface area (Å²) in [5.74, 6) is -0.285. The molecule has 0 saturated carbocycles. The summed E-state index contributed by atoms with van der Waals surface area (Å²) >= 11 is 0. The molecule has 0 bridgehead atoms. The summed E-state index contributed by atoms with van der Waals surface area (Å²) in [5, 5.41) is 17.3. The number of carbonyl (C=O) groups excluding carboxylic acids is 2. The molecule has 0 aliphatic carbocycles. The highest BCUT2D eigenvalue weighted by Gasteiger charge is 2.41. The van der Waals surface area contributed by atoms with E-state index in [1.165, 1.54) is 5.56 Å². The van der Waals surface area contributed by atoms with Crippen LogP contribution in [0.4, 0.5) is 0 Å². The van der Waals surface area contributed by atoms with Crippen molar-refractivity contribution in [1.82, 2.24) is 30.4 Å². The molecular formula is C29H47N7O3. The maximum atomic E-state index is 13.9. The van der Waals surface area contributed by atoms with Gasteiger partial charge in [0.15, 0.2) is 0 Å². The quantitative estimate of drug-likeness (QED) is 0.241. The van der Waals surface area contributed by atoms with Crippen molar-refractivity contribution in [3.63, 3.8) is 0 Å². The number of likely N-dealkylation sites (N-methyl/N-ethyl adjacent to an activating group) is 1. The summed E-state index contributed by atoms with van der Waals surface area (Å²) in [5.41, 5.74) is 8.04. The summed E-state index contributed by atoms with van der Waals surface area (Å²) in [6, 6.07) is 8.46. The molecule has 39 heavy (non-hydrogen) atoms. The van der Waals surface area contributed by atoms with E-state index in [-0.39, 0.29) is 17.9 Å². The first-order valence-electron chi connectivity index (χ1n) is 14.0. The van der Waals surface area contributed by atoms with E-state index in [9.17, 15) is 14.7 Å². The van der Waals surface area contributed by atoms with E-state index in [0.29, 0.717) is 26.1 Å². The van der Waals surface area contributed by atoms with Gasteiger partial charge in [0, 0.05) is 50.0 Å². The number of nitrogens with one attached hydrogen (secondary N) is 3. The Bertz CT molecular complexity index is 1030. The third-order valence-electron chi connectivity index (χ3n) is 7.63. The highest BCUT2D eigenvalue weighted by molar-refractivity contribution is 5.90. The van der Waals surface area contributed by atoms with Crippen LogP contribution in [0.1, 0.15) is 51.8 Å². The maximum Gasteiger partial charge on any atom is 0.245 e. The summed E-state index contributed by atoms with van der Waals surface area (Å²) in [6.07, 6.45) is 5.32. The number of aromatic nitrogens is 2. The van der Waals surface area contributed by atoms with Crippen molar-refractivity contribution in [2.75, 3.05) is 26.7 Å². The van der Waals surface area contributed by atoms with E-state index >= 15 is 0 Å². The Morgan fingerprint density at radius 2 is 2.00 bits per heavy atom. The van der Waals surface area contributed by atoms with Crippen LogP contribution in [0.5, 0.6) is 0 Å². The molecular weight excluding hydrogens is 494 g/mol. The van der Waals surface area contributed by atoms with Gasteiger partial charge < -0.3 is 31.4 Å². The van der Waals surface area contributed by atoms with Gasteiger partial charge in [0.1, 0.15) is 12.3 Å². The van der Waals surface area contributed by atoms with Crippen molar-refractivity contribution in [2.45, 2.75) is 83.8 Å². The molecule has 10 heteroatoms. The molecule has 1 aliphatic heterocycles. The van der Waals surface area contributed by atoms with E-state index in [0.717, 1.165) is 25.0 Å². The van der Waals surface area contributed by atoms with Crippen LogP contribution in [-0.2, 0) is 22.4 Å². The second-order valence-corrected chi connectivity index (χ2v) is 11.7. The fourth-order valence-corrected chi connectivity index (χ4v) is 5.07. The van der Waals surface area contributed by atoms with Crippen LogP contribution in [0.3, 0.4) is 0 Å². The van der Waals surface area contributed by atoms with Crippen molar-refractivity contribution in [1.29, 1.82) is 0 Å². The number of amides is 2. The Labute approximate surface area is 232 Å². The lowest BCUT2D eigenvalue weighted by Gasteiger charge is -2.39. The molecule has 5 atom stereocenters. The van der Waals surface area contributed by atoms with Gasteiger partial charge in [-0.1, -0.05) is 51.1 Å². The number of likely N-dealkylation sites (tertiary alicyclic amines) is 1. The molecule has 216 valence electrons. The van der Waals surface area contributed by atoms with Gasteiger partial charge in [-0.05, 0) is 44.2 Å². The fraction of sp³-hybridized carbons (Fsp3) is 0.621. The van der Waals surface area contributed by atoms with E-state index in [1.807, 2.05) is 48.8 Å². The molecule has 3 rings (SSSR count). The van der Waals surface area contributed by atoms with Crippen molar-refractivity contribution in [2.24, 2.45) is 11.1 Å². The molecule has 1 aliphatic rings. The number of aliphatic hydroxyl groups is 1. The van der Waals surface area contributed by atoms with Crippen molar-refractivity contribution < 1.29 is 14.7 Å². The molecule has 1 unspecified atom stereocenters. The van der Waals surface area contributed by atoms with Gasteiger partial charge in [-0.15, -0.1) is 0 Å². The predicted molar refractivity (Wildman–Crippen MR) is 153 cm³/mol. The first-order valence-corrected chi connectivity index (χ1v) is 14.0. The van der Waals surface area contributed by atoms with Gasteiger partial charge in [-0.25, -0.2) is 4.98 Å². The number of hydrogen-bond acceptors (Lipinski definition) is 7. The van der Waals surface area contributed by atoms with Crippen LogP contribution >= 0.6 is 0 Å². The highest BCUT2D eigenvalue weighted by atomic mass is 16.3. The van der Waals surface area contributed by atoms with Crippen LogP contribution in [0.2, 0.25) is 0 Å². The minimum absolute atomic E-state index is 0.0825. The number of nitrogens with two attached hydrogens (primary N) is 1.